The third-order valence-electron chi connectivity index (χ3n) is 3.59. The van der Waals surface area contributed by atoms with E-state index in [4.69, 9.17) is 10.5 Å². The van der Waals surface area contributed by atoms with E-state index in [-0.39, 0.29) is 18.6 Å². The molecule has 110 valence electrons. The van der Waals surface area contributed by atoms with Gasteiger partial charge in [0.1, 0.15) is 5.75 Å². The molecule has 2 atom stereocenters. The van der Waals surface area contributed by atoms with Gasteiger partial charge in [-0.1, -0.05) is 6.42 Å². The molecule has 1 aliphatic carbocycles. The fraction of sp³-hybridized carbons (Fsp3) is 0.533. The lowest BCUT2D eigenvalue weighted by Crippen LogP contribution is -2.35. The Kier molecular flexibility index (Phi) is 5.24. The molecule has 1 saturated carbocycles. The number of anilines is 1. The Labute approximate surface area is 119 Å². The van der Waals surface area contributed by atoms with Crippen molar-refractivity contribution in [2.45, 2.75) is 31.8 Å². The summed E-state index contributed by atoms with van der Waals surface area (Å²) >= 11 is 0. The highest BCUT2D eigenvalue weighted by atomic mass is 16.5. The third kappa shape index (κ3) is 4.74. The van der Waals surface area contributed by atoms with Gasteiger partial charge in [-0.05, 0) is 49.4 Å². The Morgan fingerprint density at radius 3 is 2.80 bits per heavy atom. The molecular formula is C15H22N2O3. The third-order valence-corrected chi connectivity index (χ3v) is 3.59. The van der Waals surface area contributed by atoms with Crippen LogP contribution in [-0.2, 0) is 4.79 Å². The van der Waals surface area contributed by atoms with Crippen LogP contribution in [0.25, 0.3) is 0 Å². The van der Waals surface area contributed by atoms with Gasteiger partial charge in [0, 0.05) is 12.2 Å². The van der Waals surface area contributed by atoms with Gasteiger partial charge in [0.2, 0.25) is 0 Å². The molecule has 5 nitrogen and oxygen atoms in total. The SMILES string of the molecule is Nc1ccc(OCC(=O)NCC2CCCC(O)C2)cc1. The van der Waals surface area contributed by atoms with Crippen molar-refractivity contribution in [3.63, 3.8) is 0 Å². The second kappa shape index (κ2) is 7.14. The van der Waals surface area contributed by atoms with Gasteiger partial charge in [-0.3, -0.25) is 4.79 Å². The van der Waals surface area contributed by atoms with Crippen LogP contribution in [0.2, 0.25) is 0 Å². The van der Waals surface area contributed by atoms with Crippen molar-refractivity contribution >= 4 is 11.6 Å². The number of carbonyl (C=O) groups excluding carboxylic acids is 1. The lowest BCUT2D eigenvalue weighted by atomic mass is 9.87. The first-order valence-corrected chi connectivity index (χ1v) is 7.06. The number of hydrogen-bond donors (Lipinski definition) is 3. The molecule has 1 fully saturated rings. The first-order chi connectivity index (χ1) is 9.63. The van der Waals surface area contributed by atoms with Crippen LogP contribution in [-0.4, -0.2) is 30.3 Å². The highest BCUT2D eigenvalue weighted by Crippen LogP contribution is 2.23. The monoisotopic (exact) mass is 278 g/mol. The first-order valence-electron chi connectivity index (χ1n) is 7.06. The summed E-state index contributed by atoms with van der Waals surface area (Å²) in [6.07, 6.45) is 3.54. The van der Waals surface area contributed by atoms with Gasteiger partial charge in [-0.25, -0.2) is 0 Å². The summed E-state index contributed by atoms with van der Waals surface area (Å²) < 4.78 is 5.37. The molecule has 2 rings (SSSR count). The van der Waals surface area contributed by atoms with Crippen molar-refractivity contribution in [3.8, 4) is 5.75 Å². The number of nitrogens with one attached hydrogen (secondary N) is 1. The van der Waals surface area contributed by atoms with Crippen LogP contribution >= 0.6 is 0 Å². The van der Waals surface area contributed by atoms with Crippen molar-refractivity contribution in [3.05, 3.63) is 24.3 Å². The predicted octanol–water partition coefficient (Wildman–Crippen LogP) is 1.31. The average Bonchev–Trinajstić information content (AvgIpc) is 2.45. The predicted molar refractivity (Wildman–Crippen MR) is 77.3 cm³/mol. The molecule has 0 aromatic heterocycles. The molecular weight excluding hydrogens is 256 g/mol. The van der Waals surface area contributed by atoms with Crippen molar-refractivity contribution in [2.75, 3.05) is 18.9 Å². The second-order valence-electron chi connectivity index (χ2n) is 5.35. The summed E-state index contributed by atoms with van der Waals surface area (Å²) in [5, 5.41) is 12.4. The molecule has 20 heavy (non-hydrogen) atoms. The minimum Gasteiger partial charge on any atom is -0.484 e. The number of hydrogen-bond acceptors (Lipinski definition) is 4. The van der Waals surface area contributed by atoms with Gasteiger partial charge in [0.05, 0.1) is 6.10 Å². The summed E-state index contributed by atoms with van der Waals surface area (Å²) in [5.74, 6) is 0.864. The summed E-state index contributed by atoms with van der Waals surface area (Å²) in [7, 11) is 0. The van der Waals surface area contributed by atoms with Crippen molar-refractivity contribution in [1.29, 1.82) is 0 Å². The molecule has 1 aliphatic rings. The zero-order valence-corrected chi connectivity index (χ0v) is 11.5. The highest BCUT2D eigenvalue weighted by Gasteiger charge is 2.20. The molecule has 2 unspecified atom stereocenters. The summed E-state index contributed by atoms with van der Waals surface area (Å²) in [6.45, 7) is 0.611. The lowest BCUT2D eigenvalue weighted by molar-refractivity contribution is -0.123. The van der Waals surface area contributed by atoms with Gasteiger partial charge in [0.15, 0.2) is 6.61 Å². The van der Waals surface area contributed by atoms with Crippen LogP contribution < -0.4 is 15.8 Å². The first kappa shape index (κ1) is 14.7. The maximum atomic E-state index is 11.7. The quantitative estimate of drug-likeness (QED) is 0.709. The van der Waals surface area contributed by atoms with Gasteiger partial charge < -0.3 is 20.9 Å². The van der Waals surface area contributed by atoms with Crippen LogP contribution in [0, 0.1) is 5.92 Å². The molecule has 0 aliphatic heterocycles. The summed E-state index contributed by atoms with van der Waals surface area (Å²) in [6, 6.07) is 6.94. The number of aliphatic hydroxyl groups excluding tert-OH is 1. The highest BCUT2D eigenvalue weighted by molar-refractivity contribution is 5.77. The van der Waals surface area contributed by atoms with Crippen LogP contribution in [0.4, 0.5) is 5.69 Å². The number of benzene rings is 1. The number of amides is 1. The van der Waals surface area contributed by atoms with E-state index in [0.717, 1.165) is 25.7 Å². The van der Waals surface area contributed by atoms with Crippen LogP contribution in [0.3, 0.4) is 0 Å². The number of aliphatic hydroxyl groups is 1. The minimum absolute atomic E-state index is 0.000802. The molecule has 0 spiro atoms. The molecule has 0 saturated heterocycles. The Balaban J connectivity index is 1.66. The molecule has 0 bridgehead atoms. The average molecular weight is 278 g/mol. The normalized spacial score (nSPS) is 22.2. The van der Waals surface area contributed by atoms with E-state index in [1.807, 2.05) is 0 Å². The van der Waals surface area contributed by atoms with Gasteiger partial charge in [-0.15, -0.1) is 0 Å². The number of rotatable bonds is 5. The van der Waals surface area contributed by atoms with Crippen molar-refractivity contribution in [1.82, 2.24) is 5.32 Å². The van der Waals surface area contributed by atoms with E-state index in [1.165, 1.54) is 0 Å². The van der Waals surface area contributed by atoms with Crippen LogP contribution in [0.15, 0.2) is 24.3 Å². The van der Waals surface area contributed by atoms with E-state index in [0.29, 0.717) is 23.9 Å². The molecule has 0 radical (unpaired) electrons. The Morgan fingerprint density at radius 2 is 2.10 bits per heavy atom. The van der Waals surface area contributed by atoms with E-state index < -0.39 is 0 Å². The van der Waals surface area contributed by atoms with Crippen LogP contribution in [0.5, 0.6) is 5.75 Å². The number of carbonyl (C=O) groups is 1. The zero-order chi connectivity index (χ0) is 14.4. The molecule has 1 aromatic rings. The number of nitrogen functional groups attached to an aromatic ring is 1. The summed E-state index contributed by atoms with van der Waals surface area (Å²) in [5.41, 5.74) is 6.23. The fourth-order valence-electron chi connectivity index (χ4n) is 2.47. The lowest BCUT2D eigenvalue weighted by Gasteiger charge is -2.25. The van der Waals surface area contributed by atoms with E-state index in [1.54, 1.807) is 24.3 Å². The van der Waals surface area contributed by atoms with Crippen LogP contribution in [0.1, 0.15) is 25.7 Å². The van der Waals surface area contributed by atoms with Gasteiger partial charge >= 0.3 is 0 Å². The van der Waals surface area contributed by atoms with Gasteiger partial charge in [-0.2, -0.15) is 0 Å². The molecule has 1 aromatic carbocycles. The standard InChI is InChI=1S/C15H22N2O3/c16-12-4-6-14(7-5-12)20-10-15(19)17-9-11-2-1-3-13(18)8-11/h4-7,11,13,18H,1-3,8-10,16H2,(H,17,19). The Bertz CT molecular complexity index is 433. The Morgan fingerprint density at radius 1 is 1.35 bits per heavy atom. The van der Waals surface area contributed by atoms with Crippen molar-refractivity contribution < 1.29 is 14.6 Å². The maximum absolute atomic E-state index is 11.7. The van der Waals surface area contributed by atoms with E-state index in [9.17, 15) is 9.90 Å². The second-order valence-corrected chi connectivity index (χ2v) is 5.35. The van der Waals surface area contributed by atoms with E-state index >= 15 is 0 Å². The molecule has 4 N–H and O–H groups in total. The topological polar surface area (TPSA) is 84.6 Å². The largest absolute Gasteiger partial charge is 0.484 e. The summed E-state index contributed by atoms with van der Waals surface area (Å²) in [4.78, 5) is 11.7. The fourth-order valence-corrected chi connectivity index (χ4v) is 2.47. The maximum Gasteiger partial charge on any atom is 0.257 e. The zero-order valence-electron chi connectivity index (χ0n) is 11.5. The smallest absolute Gasteiger partial charge is 0.257 e. The molecule has 5 heteroatoms. The minimum atomic E-state index is -0.211. The van der Waals surface area contributed by atoms with Gasteiger partial charge in [0.25, 0.3) is 5.91 Å². The van der Waals surface area contributed by atoms with E-state index in [2.05, 4.69) is 5.32 Å². The number of ether oxygens (including phenoxy) is 1. The molecule has 0 heterocycles. The number of nitrogens with two attached hydrogens (primary N) is 1. The Hall–Kier alpha value is -1.75. The van der Waals surface area contributed by atoms with Crippen molar-refractivity contribution in [2.24, 2.45) is 5.92 Å². The molecule has 1 amide bonds.